The first-order valence-corrected chi connectivity index (χ1v) is 4.65. The van der Waals surface area contributed by atoms with Crippen LogP contribution in [0.5, 0.6) is 0 Å². The van der Waals surface area contributed by atoms with E-state index >= 15 is 0 Å². The van der Waals surface area contributed by atoms with Crippen molar-refractivity contribution in [2.75, 3.05) is 6.54 Å². The van der Waals surface area contributed by atoms with Crippen molar-refractivity contribution in [3.05, 3.63) is 0 Å². The molecule has 2 atom stereocenters. The van der Waals surface area contributed by atoms with Crippen molar-refractivity contribution in [2.24, 2.45) is 5.92 Å². The van der Waals surface area contributed by atoms with E-state index in [2.05, 4.69) is 5.32 Å². The van der Waals surface area contributed by atoms with Gasteiger partial charge in [-0.3, -0.25) is 4.79 Å². The predicted molar refractivity (Wildman–Crippen MR) is 47.1 cm³/mol. The Balaban J connectivity index is 2.29. The Morgan fingerprint density at radius 3 is 2.92 bits per heavy atom. The van der Waals surface area contributed by atoms with Gasteiger partial charge in [-0.25, -0.2) is 0 Å². The second-order valence-electron chi connectivity index (χ2n) is 3.63. The molecule has 1 rings (SSSR count). The molecule has 1 aliphatic heterocycles. The number of carboxylic acid groups (broad SMARTS) is 1. The first-order chi connectivity index (χ1) is 5.70. The molecule has 0 unspecified atom stereocenters. The van der Waals surface area contributed by atoms with Gasteiger partial charge in [0.15, 0.2) is 0 Å². The molecule has 0 spiro atoms. The van der Waals surface area contributed by atoms with Gasteiger partial charge < -0.3 is 10.4 Å². The SMILES string of the molecule is C[C@@H](CC(=O)O)[C@H]1CCCCN1. The maximum atomic E-state index is 10.4. The molecule has 0 bridgehead atoms. The quantitative estimate of drug-likeness (QED) is 0.671. The van der Waals surface area contributed by atoms with Crippen molar-refractivity contribution in [3.63, 3.8) is 0 Å². The Hall–Kier alpha value is -0.570. The number of piperidine rings is 1. The Kier molecular flexibility index (Phi) is 3.53. The molecule has 0 saturated carbocycles. The molecule has 2 N–H and O–H groups in total. The summed E-state index contributed by atoms with van der Waals surface area (Å²) in [6, 6.07) is 0.426. The summed E-state index contributed by atoms with van der Waals surface area (Å²) in [5, 5.41) is 11.9. The fourth-order valence-corrected chi connectivity index (χ4v) is 1.78. The molecule has 1 heterocycles. The van der Waals surface area contributed by atoms with E-state index in [-0.39, 0.29) is 12.3 Å². The van der Waals surface area contributed by atoms with Gasteiger partial charge in [0.1, 0.15) is 0 Å². The van der Waals surface area contributed by atoms with E-state index in [1.165, 1.54) is 12.8 Å². The standard InChI is InChI=1S/C9H17NO2/c1-7(6-9(11)12)8-4-2-3-5-10-8/h7-8,10H,2-6H2,1H3,(H,11,12)/t7-,8+/m0/s1. The minimum Gasteiger partial charge on any atom is -0.481 e. The van der Waals surface area contributed by atoms with Crippen molar-refractivity contribution >= 4 is 5.97 Å². The molecule has 1 aliphatic rings. The van der Waals surface area contributed by atoms with Gasteiger partial charge in [0, 0.05) is 12.5 Å². The Morgan fingerprint density at radius 2 is 2.42 bits per heavy atom. The fourth-order valence-electron chi connectivity index (χ4n) is 1.78. The number of hydrogen-bond donors (Lipinski definition) is 2. The average molecular weight is 171 g/mol. The summed E-state index contributed by atoms with van der Waals surface area (Å²) >= 11 is 0. The van der Waals surface area contributed by atoms with Gasteiger partial charge in [0.2, 0.25) is 0 Å². The number of aliphatic carboxylic acids is 1. The molecule has 0 amide bonds. The van der Waals surface area contributed by atoms with Crippen LogP contribution in [0.1, 0.15) is 32.6 Å². The molecule has 12 heavy (non-hydrogen) atoms. The van der Waals surface area contributed by atoms with Crippen LogP contribution in [0.3, 0.4) is 0 Å². The number of carboxylic acids is 1. The second-order valence-corrected chi connectivity index (χ2v) is 3.63. The molecule has 70 valence electrons. The van der Waals surface area contributed by atoms with Crippen LogP contribution in [-0.4, -0.2) is 23.7 Å². The summed E-state index contributed by atoms with van der Waals surface area (Å²) in [5.41, 5.74) is 0. The lowest BCUT2D eigenvalue weighted by molar-refractivity contribution is -0.138. The second kappa shape index (κ2) is 4.45. The monoisotopic (exact) mass is 171 g/mol. The number of hydrogen-bond acceptors (Lipinski definition) is 2. The van der Waals surface area contributed by atoms with Crippen LogP contribution in [0.2, 0.25) is 0 Å². The van der Waals surface area contributed by atoms with Gasteiger partial charge in [-0.1, -0.05) is 13.3 Å². The summed E-state index contributed by atoms with van der Waals surface area (Å²) in [4.78, 5) is 10.4. The predicted octanol–water partition coefficient (Wildman–Crippen LogP) is 1.24. The van der Waals surface area contributed by atoms with Crippen molar-refractivity contribution in [3.8, 4) is 0 Å². The van der Waals surface area contributed by atoms with Gasteiger partial charge in [0.05, 0.1) is 0 Å². The summed E-state index contributed by atoms with van der Waals surface area (Å²) < 4.78 is 0. The zero-order chi connectivity index (χ0) is 8.97. The molecular weight excluding hydrogens is 154 g/mol. The van der Waals surface area contributed by atoms with Crippen LogP contribution in [0.25, 0.3) is 0 Å². The smallest absolute Gasteiger partial charge is 0.303 e. The van der Waals surface area contributed by atoms with E-state index in [1.807, 2.05) is 6.92 Å². The highest BCUT2D eigenvalue weighted by Crippen LogP contribution is 2.17. The van der Waals surface area contributed by atoms with Crippen LogP contribution < -0.4 is 5.32 Å². The topological polar surface area (TPSA) is 49.3 Å². The van der Waals surface area contributed by atoms with E-state index in [0.717, 1.165) is 13.0 Å². The largest absolute Gasteiger partial charge is 0.481 e. The molecule has 3 nitrogen and oxygen atoms in total. The average Bonchev–Trinajstić information content (AvgIpc) is 2.05. The van der Waals surface area contributed by atoms with Crippen LogP contribution in [0.4, 0.5) is 0 Å². The zero-order valence-electron chi connectivity index (χ0n) is 7.55. The maximum Gasteiger partial charge on any atom is 0.303 e. The summed E-state index contributed by atoms with van der Waals surface area (Å²) in [5.74, 6) is -0.419. The molecular formula is C9H17NO2. The van der Waals surface area contributed by atoms with E-state index in [4.69, 9.17) is 5.11 Å². The molecule has 1 saturated heterocycles. The fraction of sp³-hybridized carbons (Fsp3) is 0.889. The molecule has 1 fully saturated rings. The zero-order valence-corrected chi connectivity index (χ0v) is 7.55. The van der Waals surface area contributed by atoms with Crippen molar-refractivity contribution in [2.45, 2.75) is 38.6 Å². The summed E-state index contributed by atoms with van der Waals surface area (Å²) in [7, 11) is 0. The maximum absolute atomic E-state index is 10.4. The molecule has 0 aromatic heterocycles. The molecule has 0 aromatic rings. The molecule has 0 aliphatic carbocycles. The van der Waals surface area contributed by atoms with Crippen LogP contribution in [0, 0.1) is 5.92 Å². The highest BCUT2D eigenvalue weighted by atomic mass is 16.4. The van der Waals surface area contributed by atoms with Gasteiger partial charge in [0.25, 0.3) is 0 Å². The van der Waals surface area contributed by atoms with E-state index < -0.39 is 5.97 Å². The van der Waals surface area contributed by atoms with Gasteiger partial charge in [-0.05, 0) is 25.3 Å². The van der Waals surface area contributed by atoms with Gasteiger partial charge in [-0.15, -0.1) is 0 Å². The van der Waals surface area contributed by atoms with Gasteiger partial charge in [-0.2, -0.15) is 0 Å². The van der Waals surface area contributed by atoms with Crippen LogP contribution >= 0.6 is 0 Å². The number of rotatable bonds is 3. The van der Waals surface area contributed by atoms with E-state index in [0.29, 0.717) is 6.04 Å². The number of carbonyl (C=O) groups is 1. The highest BCUT2D eigenvalue weighted by molar-refractivity contribution is 5.67. The van der Waals surface area contributed by atoms with Crippen molar-refractivity contribution in [1.82, 2.24) is 5.32 Å². The lowest BCUT2D eigenvalue weighted by Gasteiger charge is -2.28. The third-order valence-electron chi connectivity index (χ3n) is 2.53. The first-order valence-electron chi connectivity index (χ1n) is 4.65. The normalized spacial score (nSPS) is 26.6. The third-order valence-corrected chi connectivity index (χ3v) is 2.53. The summed E-state index contributed by atoms with van der Waals surface area (Å²) in [6.45, 7) is 3.06. The summed E-state index contributed by atoms with van der Waals surface area (Å²) in [6.07, 6.45) is 3.89. The van der Waals surface area contributed by atoms with Gasteiger partial charge >= 0.3 is 5.97 Å². The van der Waals surface area contributed by atoms with Crippen molar-refractivity contribution < 1.29 is 9.90 Å². The van der Waals surface area contributed by atoms with Crippen LogP contribution in [0.15, 0.2) is 0 Å². The molecule has 0 radical (unpaired) electrons. The molecule has 0 aromatic carbocycles. The first kappa shape index (κ1) is 9.52. The number of nitrogens with one attached hydrogen (secondary N) is 1. The highest BCUT2D eigenvalue weighted by Gasteiger charge is 2.20. The lowest BCUT2D eigenvalue weighted by Crippen LogP contribution is -2.39. The molecule has 3 heteroatoms. The minimum absolute atomic E-state index is 0.266. The Bertz CT molecular complexity index is 153. The van der Waals surface area contributed by atoms with E-state index in [9.17, 15) is 4.79 Å². The third kappa shape index (κ3) is 2.81. The van der Waals surface area contributed by atoms with E-state index in [1.54, 1.807) is 0 Å². The van der Waals surface area contributed by atoms with Crippen LogP contribution in [-0.2, 0) is 4.79 Å². The Labute approximate surface area is 73.2 Å². The van der Waals surface area contributed by atoms with Crippen molar-refractivity contribution in [1.29, 1.82) is 0 Å². The minimum atomic E-state index is -0.685. The lowest BCUT2D eigenvalue weighted by atomic mass is 9.91. The Morgan fingerprint density at radius 1 is 1.67 bits per heavy atom.